The first-order chi connectivity index (χ1) is 39.6. The lowest BCUT2D eigenvalue weighted by atomic mass is 9.87. The van der Waals surface area contributed by atoms with Gasteiger partial charge in [0.1, 0.15) is 60.9 Å². The maximum absolute atomic E-state index is 15.0. The predicted octanol–water partition coefficient (Wildman–Crippen LogP) is 6.52. The maximum atomic E-state index is 15.0. The Morgan fingerprint density at radius 3 is 2.00 bits per heavy atom. The van der Waals surface area contributed by atoms with Crippen LogP contribution in [-0.4, -0.2) is 123 Å². The second-order valence-electron chi connectivity index (χ2n) is 21.2. The number of hydrogen-bond donors (Lipinski definition) is 2. The molecule has 0 amide bonds. The van der Waals surface area contributed by atoms with E-state index in [2.05, 4.69) is 58.2 Å². The first-order valence-corrected chi connectivity index (χ1v) is 29.0. The third-order valence-electron chi connectivity index (χ3n) is 14.8. The molecule has 0 saturated carbocycles. The molecular formula is C60H82F2N8O12. The van der Waals surface area contributed by atoms with Crippen LogP contribution in [0.5, 0.6) is 5.75 Å². The fourth-order valence-electron chi connectivity index (χ4n) is 10.2. The molecule has 22 heteroatoms. The predicted molar refractivity (Wildman–Crippen MR) is 298 cm³/mol. The number of aliphatic carboxylic acids is 1. The lowest BCUT2D eigenvalue weighted by Crippen LogP contribution is -3.10. The number of carboxylic acid groups (broad SMARTS) is 1. The minimum absolute atomic E-state index is 0.00932. The number of hydrogen-bond acceptors (Lipinski definition) is 16. The van der Waals surface area contributed by atoms with Crippen molar-refractivity contribution in [2.24, 2.45) is 5.92 Å². The number of anilines is 1. The number of carbonyl (C=O) groups excluding carboxylic acids is 4. The van der Waals surface area contributed by atoms with Crippen molar-refractivity contribution >= 4 is 35.3 Å². The Morgan fingerprint density at radius 1 is 0.793 bits per heavy atom. The molecule has 448 valence electrons. The smallest absolute Gasteiger partial charge is 0.350 e. The molecule has 3 aromatic carbocycles. The van der Waals surface area contributed by atoms with Gasteiger partial charge in [0.15, 0.2) is 6.10 Å². The standard InChI is InChI=1S/C37H42F2N8O4.C23H40O8/c1-3-35(26(2)48)47-36(49)46(25-42-47)31-7-5-29(6-8-31)43-14-16-44(17-15-43)30-9-11-32(12-10-30)50-20-27-19-37(51-21-27,22-45-24-40-23-41-45)33-13-4-28(38)18-34(33)39;1-3-5-7-9-11-13-21(26)29-17-19(31-23(28)16-15-20(24)25)18-30-22(27)14-12-10-8-6-4-2/h4-13,18,23-27,35,48H,3,14-17,19-22H2,1-2H3;19H,3-18H2,1-2H3,(H,24,25)/t26-,27+,35-,37-;/m0./s1. The van der Waals surface area contributed by atoms with Crippen molar-refractivity contribution in [3.63, 3.8) is 0 Å². The monoisotopic (exact) mass is 1140 g/mol. The summed E-state index contributed by atoms with van der Waals surface area (Å²) < 4.78 is 61.0. The summed E-state index contributed by atoms with van der Waals surface area (Å²) in [7, 11) is 0. The molecule has 5 aromatic rings. The molecule has 0 aliphatic carbocycles. The third-order valence-corrected chi connectivity index (χ3v) is 14.8. The van der Waals surface area contributed by atoms with E-state index >= 15 is 0 Å². The van der Waals surface area contributed by atoms with Crippen LogP contribution in [-0.2, 0) is 50.3 Å². The third kappa shape index (κ3) is 19.9. The molecular weight excluding hydrogens is 1060 g/mol. The second-order valence-corrected chi connectivity index (χ2v) is 21.2. The van der Waals surface area contributed by atoms with Crippen LogP contribution in [0.25, 0.3) is 5.69 Å². The molecule has 0 unspecified atom stereocenters. The summed E-state index contributed by atoms with van der Waals surface area (Å²) in [5, 5.41) is 29.0. The molecule has 0 radical (unpaired) electrons. The van der Waals surface area contributed by atoms with Gasteiger partial charge in [-0.15, -0.1) is 0 Å². The normalized spacial score (nSPS) is 17.0. The van der Waals surface area contributed by atoms with Crippen LogP contribution in [0.2, 0.25) is 0 Å². The van der Waals surface area contributed by atoms with Gasteiger partial charge in [-0.25, -0.2) is 32.5 Å². The largest absolute Gasteiger partial charge is 0.550 e. The van der Waals surface area contributed by atoms with E-state index in [0.717, 1.165) is 114 Å². The number of esters is 3. The summed E-state index contributed by atoms with van der Waals surface area (Å²) >= 11 is 0. The molecule has 82 heavy (non-hydrogen) atoms. The van der Waals surface area contributed by atoms with E-state index in [1.54, 1.807) is 17.9 Å². The minimum atomic E-state index is -1.36. The number of piperazine rings is 1. The van der Waals surface area contributed by atoms with E-state index in [9.17, 15) is 43.0 Å². The highest BCUT2D eigenvalue weighted by Crippen LogP contribution is 2.42. The van der Waals surface area contributed by atoms with Crippen molar-refractivity contribution in [2.45, 2.75) is 161 Å². The number of ether oxygens (including phenoxy) is 5. The topological polar surface area (TPSA) is 236 Å². The molecule has 2 N–H and O–H groups in total. The number of rotatable bonds is 32. The highest BCUT2D eigenvalue weighted by Gasteiger charge is 2.45. The van der Waals surface area contributed by atoms with Crippen molar-refractivity contribution in [2.75, 3.05) is 57.5 Å². The van der Waals surface area contributed by atoms with E-state index in [0.29, 0.717) is 31.6 Å². The Morgan fingerprint density at radius 2 is 1.43 bits per heavy atom. The number of aliphatic hydroxyl groups excluding tert-OH is 1. The Bertz CT molecular complexity index is 2760. The van der Waals surface area contributed by atoms with E-state index in [-0.39, 0.29) is 56.7 Å². The summed E-state index contributed by atoms with van der Waals surface area (Å²) in [6, 6.07) is 19.3. The van der Waals surface area contributed by atoms with E-state index in [1.165, 1.54) is 44.6 Å². The van der Waals surface area contributed by atoms with Gasteiger partial charge < -0.3 is 43.6 Å². The molecule has 0 spiro atoms. The van der Waals surface area contributed by atoms with Crippen LogP contribution in [0, 0.1) is 17.6 Å². The number of carboxylic acids is 1. The molecule has 0 bridgehead atoms. The average molecular weight is 1150 g/mol. The van der Waals surface area contributed by atoms with Crippen LogP contribution in [0.3, 0.4) is 0 Å². The van der Waals surface area contributed by atoms with Crippen molar-refractivity contribution in [1.29, 1.82) is 0 Å². The summed E-state index contributed by atoms with van der Waals surface area (Å²) in [4.78, 5) is 66.8. The number of aliphatic hydroxyl groups is 1. The van der Waals surface area contributed by atoms with Crippen LogP contribution >= 0.6 is 0 Å². The SMILES string of the molecule is CCCCCCCC(=O)OCC(COC(=O)CCCCCCC)OC(=O)CCC(=O)[O-].CC[C@@H]([C@H](C)O)n1ncn(-c2ccc([NH+]3CCN(c4ccc(OC[C@@H]5CO[C@@](Cn6cncn6)(c6ccc(F)cc6F)C5)cc4)CC3)cc2)c1=O. The van der Waals surface area contributed by atoms with Gasteiger partial charge in [0.2, 0.25) is 0 Å². The summed E-state index contributed by atoms with van der Waals surface area (Å²) in [5.41, 5.74) is 2.05. The lowest BCUT2D eigenvalue weighted by Gasteiger charge is -2.33. The number of aromatic nitrogens is 6. The van der Waals surface area contributed by atoms with Gasteiger partial charge in [0.25, 0.3) is 0 Å². The van der Waals surface area contributed by atoms with E-state index in [1.807, 2.05) is 31.2 Å². The van der Waals surface area contributed by atoms with Gasteiger partial charge in [-0.2, -0.15) is 10.2 Å². The van der Waals surface area contributed by atoms with Crippen molar-refractivity contribution in [3.05, 3.63) is 113 Å². The Hall–Kier alpha value is -7.04. The lowest BCUT2D eigenvalue weighted by molar-refractivity contribution is -0.833. The number of carbonyl (C=O) groups is 4. The van der Waals surface area contributed by atoms with Crippen LogP contribution in [0.15, 0.2) is 90.5 Å². The first-order valence-electron chi connectivity index (χ1n) is 29.0. The van der Waals surface area contributed by atoms with Crippen molar-refractivity contribution in [1.82, 2.24) is 29.1 Å². The fourth-order valence-corrected chi connectivity index (χ4v) is 10.2. The number of quaternary nitrogens is 1. The van der Waals surface area contributed by atoms with Crippen LogP contribution in [0.1, 0.15) is 142 Å². The molecule has 2 fully saturated rings. The maximum Gasteiger partial charge on any atom is 0.350 e. The summed E-state index contributed by atoms with van der Waals surface area (Å²) in [6.45, 7) is 12.0. The Balaban J connectivity index is 0.000000302. The number of benzene rings is 3. The highest BCUT2D eigenvalue weighted by atomic mass is 19.1. The highest BCUT2D eigenvalue weighted by molar-refractivity contribution is 5.76. The average Bonchev–Trinajstić information content (AvgIpc) is 4.44. The van der Waals surface area contributed by atoms with E-state index in [4.69, 9.17) is 23.7 Å². The molecule has 7 rings (SSSR count). The van der Waals surface area contributed by atoms with Gasteiger partial charge in [-0.1, -0.05) is 78.2 Å². The number of unbranched alkanes of at least 4 members (excludes halogenated alkanes) is 8. The zero-order valence-corrected chi connectivity index (χ0v) is 47.9. The van der Waals surface area contributed by atoms with Gasteiger partial charge in [0.05, 0.1) is 70.2 Å². The first kappa shape index (κ1) is 64.1. The summed E-state index contributed by atoms with van der Waals surface area (Å²) in [6.07, 6.45) is 13.6. The quantitative estimate of drug-likeness (QED) is 0.0265. The molecule has 20 nitrogen and oxygen atoms in total. The zero-order valence-electron chi connectivity index (χ0n) is 47.9. The Kier molecular flexibility index (Phi) is 25.9. The number of nitrogens with one attached hydrogen (secondary N) is 1. The molecule has 2 saturated heterocycles. The molecule has 4 heterocycles. The van der Waals surface area contributed by atoms with E-state index < -0.39 is 59.7 Å². The van der Waals surface area contributed by atoms with Crippen LogP contribution < -0.4 is 25.3 Å². The molecule has 2 aliphatic rings. The molecule has 2 aliphatic heterocycles. The summed E-state index contributed by atoms with van der Waals surface area (Å²) in [5.74, 6) is -3.51. The van der Waals surface area contributed by atoms with Gasteiger partial charge >= 0.3 is 23.6 Å². The zero-order chi connectivity index (χ0) is 58.9. The minimum Gasteiger partial charge on any atom is -0.550 e. The number of halogens is 2. The van der Waals surface area contributed by atoms with Crippen molar-refractivity contribution < 1.29 is 66.8 Å². The fraction of sp³-hybridized carbons (Fsp3) is 0.567. The second kappa shape index (κ2) is 33.2. The van der Waals surface area contributed by atoms with Gasteiger partial charge in [-0.3, -0.25) is 19.3 Å². The number of nitrogens with zero attached hydrogens (tertiary/aromatic N) is 7. The molecule has 2 aromatic heterocycles. The van der Waals surface area contributed by atoms with Gasteiger partial charge in [-0.05, 0) is 81.5 Å². The Labute approximate surface area is 478 Å². The van der Waals surface area contributed by atoms with Gasteiger partial charge in [0, 0.05) is 54.2 Å². The van der Waals surface area contributed by atoms with Crippen molar-refractivity contribution in [3.8, 4) is 11.4 Å². The molecule has 4 atom stereocenters. The van der Waals surface area contributed by atoms with Crippen LogP contribution in [0.4, 0.5) is 20.2 Å².